The van der Waals surface area contributed by atoms with E-state index in [-0.39, 0.29) is 5.91 Å². The van der Waals surface area contributed by atoms with E-state index >= 15 is 0 Å². The second-order valence-corrected chi connectivity index (χ2v) is 7.82. The Balaban J connectivity index is 1.35. The Morgan fingerprint density at radius 2 is 1.96 bits per heavy atom. The van der Waals surface area contributed by atoms with Crippen molar-refractivity contribution < 1.29 is 4.79 Å². The first-order chi connectivity index (χ1) is 13.2. The molecular weight excluding hydrogens is 358 g/mol. The molecule has 0 bridgehead atoms. The van der Waals surface area contributed by atoms with E-state index in [9.17, 15) is 4.79 Å². The number of amides is 1. The first kappa shape index (κ1) is 17.9. The average Bonchev–Trinajstić information content (AvgIpc) is 3.36. The SMILES string of the molecule is CN1CCN(Cc2ccc(NC(=O)c3cc(-c4cccs4)[nH]n3)cc2)CC1. The molecule has 1 fully saturated rings. The van der Waals surface area contributed by atoms with Crippen LogP contribution in [0.3, 0.4) is 0 Å². The monoisotopic (exact) mass is 381 g/mol. The van der Waals surface area contributed by atoms with Crippen molar-refractivity contribution in [1.82, 2.24) is 20.0 Å². The highest BCUT2D eigenvalue weighted by Gasteiger charge is 2.15. The molecule has 1 aromatic carbocycles. The Kier molecular flexibility index (Phi) is 5.33. The lowest BCUT2D eigenvalue weighted by Crippen LogP contribution is -2.43. The molecule has 3 heterocycles. The van der Waals surface area contributed by atoms with Crippen LogP contribution in [0.5, 0.6) is 0 Å². The number of carbonyl (C=O) groups is 1. The molecule has 3 aromatic rings. The van der Waals surface area contributed by atoms with Crippen LogP contribution in [0.2, 0.25) is 0 Å². The highest BCUT2D eigenvalue weighted by Crippen LogP contribution is 2.23. The summed E-state index contributed by atoms with van der Waals surface area (Å²) in [4.78, 5) is 18.3. The minimum atomic E-state index is -0.208. The fourth-order valence-corrected chi connectivity index (χ4v) is 3.84. The molecule has 0 atom stereocenters. The molecule has 1 aliphatic rings. The van der Waals surface area contributed by atoms with Gasteiger partial charge in [-0.3, -0.25) is 14.8 Å². The van der Waals surface area contributed by atoms with E-state index in [0.717, 1.165) is 49.0 Å². The largest absolute Gasteiger partial charge is 0.321 e. The Labute approximate surface area is 162 Å². The number of nitrogens with one attached hydrogen (secondary N) is 2. The molecule has 7 heteroatoms. The molecule has 1 saturated heterocycles. The number of anilines is 1. The second kappa shape index (κ2) is 8.04. The average molecular weight is 382 g/mol. The fraction of sp³-hybridized carbons (Fsp3) is 0.300. The van der Waals surface area contributed by atoms with Crippen molar-refractivity contribution >= 4 is 22.9 Å². The van der Waals surface area contributed by atoms with Crippen molar-refractivity contribution in [2.45, 2.75) is 6.54 Å². The van der Waals surface area contributed by atoms with Gasteiger partial charge in [0.2, 0.25) is 0 Å². The number of nitrogens with zero attached hydrogens (tertiary/aromatic N) is 3. The van der Waals surface area contributed by atoms with E-state index < -0.39 is 0 Å². The van der Waals surface area contributed by atoms with E-state index in [0.29, 0.717) is 5.69 Å². The van der Waals surface area contributed by atoms with Crippen LogP contribution in [-0.2, 0) is 6.54 Å². The van der Waals surface area contributed by atoms with Gasteiger partial charge < -0.3 is 10.2 Å². The molecule has 6 nitrogen and oxygen atoms in total. The van der Waals surface area contributed by atoms with Gasteiger partial charge in [0.1, 0.15) is 0 Å². The van der Waals surface area contributed by atoms with Crippen LogP contribution in [0.1, 0.15) is 16.1 Å². The number of aromatic nitrogens is 2. The van der Waals surface area contributed by atoms with Crippen LogP contribution < -0.4 is 5.32 Å². The summed E-state index contributed by atoms with van der Waals surface area (Å²) in [6, 6.07) is 13.8. The number of hydrogen-bond donors (Lipinski definition) is 2. The quantitative estimate of drug-likeness (QED) is 0.713. The number of benzene rings is 1. The van der Waals surface area contributed by atoms with E-state index in [2.05, 4.69) is 44.5 Å². The number of thiophene rings is 1. The molecule has 0 unspecified atom stereocenters. The molecule has 1 amide bonds. The van der Waals surface area contributed by atoms with Gasteiger partial charge in [-0.25, -0.2) is 0 Å². The third-order valence-electron chi connectivity index (χ3n) is 4.81. The molecule has 0 spiro atoms. The standard InChI is InChI=1S/C20H23N5OS/c1-24-8-10-25(11-9-24)14-15-4-6-16(7-5-15)21-20(26)18-13-17(22-23-18)19-3-2-12-27-19/h2-7,12-13H,8-11,14H2,1H3,(H,21,26)(H,22,23). The highest BCUT2D eigenvalue weighted by molar-refractivity contribution is 7.13. The molecule has 2 N–H and O–H groups in total. The van der Waals surface area contributed by atoms with Gasteiger partial charge in [0, 0.05) is 38.4 Å². The van der Waals surface area contributed by atoms with Gasteiger partial charge in [-0.2, -0.15) is 5.10 Å². The summed E-state index contributed by atoms with van der Waals surface area (Å²) >= 11 is 1.61. The van der Waals surface area contributed by atoms with Crippen molar-refractivity contribution in [3.8, 4) is 10.6 Å². The number of H-pyrrole nitrogens is 1. The van der Waals surface area contributed by atoms with Gasteiger partial charge in [-0.05, 0) is 42.3 Å². The molecule has 4 rings (SSSR count). The van der Waals surface area contributed by atoms with Crippen molar-refractivity contribution in [2.24, 2.45) is 0 Å². The van der Waals surface area contributed by atoms with Gasteiger partial charge in [-0.1, -0.05) is 18.2 Å². The first-order valence-corrected chi connectivity index (χ1v) is 9.96. The smallest absolute Gasteiger partial charge is 0.276 e. The zero-order valence-corrected chi connectivity index (χ0v) is 16.1. The fourth-order valence-electron chi connectivity index (χ4n) is 3.15. The van der Waals surface area contributed by atoms with Crippen molar-refractivity contribution in [3.63, 3.8) is 0 Å². The van der Waals surface area contributed by atoms with Crippen LogP contribution in [0, 0.1) is 0 Å². The Bertz CT molecular complexity index is 880. The van der Waals surface area contributed by atoms with E-state index in [1.54, 1.807) is 17.4 Å². The predicted molar refractivity (Wildman–Crippen MR) is 109 cm³/mol. The summed E-state index contributed by atoms with van der Waals surface area (Å²) in [6.07, 6.45) is 0. The van der Waals surface area contributed by atoms with Gasteiger partial charge in [-0.15, -0.1) is 11.3 Å². The lowest BCUT2D eigenvalue weighted by molar-refractivity contribution is 0.102. The maximum absolute atomic E-state index is 12.4. The molecule has 140 valence electrons. The van der Waals surface area contributed by atoms with Crippen LogP contribution in [-0.4, -0.2) is 59.1 Å². The predicted octanol–water partition coefficient (Wildman–Crippen LogP) is 3.14. The minimum absolute atomic E-state index is 0.208. The molecule has 27 heavy (non-hydrogen) atoms. The van der Waals surface area contributed by atoms with Crippen LogP contribution >= 0.6 is 11.3 Å². The molecule has 0 radical (unpaired) electrons. The summed E-state index contributed by atoms with van der Waals surface area (Å²) in [7, 11) is 2.16. The van der Waals surface area contributed by atoms with Crippen molar-refractivity contribution in [1.29, 1.82) is 0 Å². The number of likely N-dealkylation sites (N-methyl/N-ethyl adjacent to an activating group) is 1. The molecule has 0 saturated carbocycles. The number of aromatic amines is 1. The zero-order chi connectivity index (χ0) is 18.6. The van der Waals surface area contributed by atoms with Gasteiger partial charge in [0.05, 0.1) is 10.6 Å². The summed E-state index contributed by atoms with van der Waals surface area (Å²) in [5, 5.41) is 12.0. The molecule has 2 aromatic heterocycles. The number of hydrogen-bond acceptors (Lipinski definition) is 5. The van der Waals surface area contributed by atoms with Crippen LogP contribution in [0.25, 0.3) is 10.6 Å². The van der Waals surface area contributed by atoms with E-state index in [1.165, 1.54) is 5.56 Å². The van der Waals surface area contributed by atoms with Crippen molar-refractivity contribution in [3.05, 3.63) is 59.1 Å². The summed E-state index contributed by atoms with van der Waals surface area (Å²) in [6.45, 7) is 5.38. The third kappa shape index (κ3) is 4.44. The van der Waals surface area contributed by atoms with E-state index in [1.807, 2.05) is 29.6 Å². The first-order valence-electron chi connectivity index (χ1n) is 9.08. The lowest BCUT2D eigenvalue weighted by atomic mass is 10.1. The maximum atomic E-state index is 12.4. The summed E-state index contributed by atoms with van der Waals surface area (Å²) < 4.78 is 0. The number of carbonyl (C=O) groups excluding carboxylic acids is 1. The topological polar surface area (TPSA) is 64.3 Å². The highest BCUT2D eigenvalue weighted by atomic mass is 32.1. The van der Waals surface area contributed by atoms with Gasteiger partial charge >= 0.3 is 0 Å². The number of rotatable bonds is 5. The van der Waals surface area contributed by atoms with E-state index in [4.69, 9.17) is 0 Å². The Hall–Kier alpha value is -2.48. The molecular formula is C20H23N5OS. The zero-order valence-electron chi connectivity index (χ0n) is 15.3. The Morgan fingerprint density at radius 1 is 1.19 bits per heavy atom. The summed E-state index contributed by atoms with van der Waals surface area (Å²) in [5.41, 5.74) is 3.29. The Morgan fingerprint density at radius 3 is 2.67 bits per heavy atom. The normalized spacial score (nSPS) is 15.7. The second-order valence-electron chi connectivity index (χ2n) is 6.87. The molecule has 1 aliphatic heterocycles. The summed E-state index contributed by atoms with van der Waals surface area (Å²) in [5.74, 6) is -0.208. The van der Waals surface area contributed by atoms with Crippen LogP contribution in [0.4, 0.5) is 5.69 Å². The van der Waals surface area contributed by atoms with Gasteiger partial charge in [0.25, 0.3) is 5.91 Å². The van der Waals surface area contributed by atoms with Gasteiger partial charge in [0.15, 0.2) is 5.69 Å². The molecule has 0 aliphatic carbocycles. The number of piperazine rings is 1. The van der Waals surface area contributed by atoms with Crippen molar-refractivity contribution in [2.75, 3.05) is 38.5 Å². The maximum Gasteiger partial charge on any atom is 0.276 e. The van der Waals surface area contributed by atoms with Crippen LogP contribution in [0.15, 0.2) is 47.8 Å². The minimum Gasteiger partial charge on any atom is -0.321 e. The lowest BCUT2D eigenvalue weighted by Gasteiger charge is -2.32. The third-order valence-corrected chi connectivity index (χ3v) is 5.71.